The molecule has 0 saturated carbocycles. The molecule has 0 aromatic heterocycles. The molecule has 1 unspecified atom stereocenters. The maximum Gasteiger partial charge on any atom is 0.251 e. The Kier molecular flexibility index (Phi) is 4.94. The minimum absolute atomic E-state index is 0.0762. The zero-order valence-electron chi connectivity index (χ0n) is 16.1. The SMILES string of the molecule is Cc1ccc2c(c1)C(NC(=O)c1ccc(OC(C)C)cc1)CC(C)(C)O2. The van der Waals surface area contributed by atoms with Crippen molar-refractivity contribution < 1.29 is 14.3 Å². The molecule has 1 aliphatic heterocycles. The molecule has 1 heterocycles. The van der Waals surface area contributed by atoms with E-state index < -0.39 is 0 Å². The van der Waals surface area contributed by atoms with Crippen molar-refractivity contribution >= 4 is 5.91 Å². The number of fused-ring (bicyclic) bond motifs is 1. The zero-order valence-corrected chi connectivity index (χ0v) is 16.1. The fraction of sp³-hybridized carbons (Fsp3) is 0.409. The van der Waals surface area contributed by atoms with Crippen molar-refractivity contribution in [2.45, 2.75) is 58.8 Å². The Morgan fingerprint density at radius 1 is 1.19 bits per heavy atom. The van der Waals surface area contributed by atoms with Crippen LogP contribution in [-0.4, -0.2) is 17.6 Å². The highest BCUT2D eigenvalue weighted by Gasteiger charge is 2.34. The molecule has 0 bridgehead atoms. The van der Waals surface area contributed by atoms with Gasteiger partial charge < -0.3 is 14.8 Å². The standard InChI is InChI=1S/C22H27NO3/c1-14(2)25-17-9-7-16(8-10-17)21(24)23-19-13-22(4,5)26-20-11-6-15(3)12-18(19)20/h6-12,14,19H,13H2,1-5H3,(H,23,24). The number of nitrogens with one attached hydrogen (secondary N) is 1. The van der Waals surface area contributed by atoms with E-state index in [-0.39, 0.29) is 23.7 Å². The molecular formula is C22H27NO3. The first-order chi connectivity index (χ1) is 12.2. The number of hydrogen-bond donors (Lipinski definition) is 1. The molecule has 1 amide bonds. The Bertz CT molecular complexity index is 794. The third-order valence-electron chi connectivity index (χ3n) is 4.42. The van der Waals surface area contributed by atoms with Crippen LogP contribution in [0.3, 0.4) is 0 Å². The molecule has 1 atom stereocenters. The second-order valence-electron chi connectivity index (χ2n) is 7.82. The molecule has 0 radical (unpaired) electrons. The molecule has 0 aliphatic carbocycles. The van der Waals surface area contributed by atoms with Crippen molar-refractivity contribution in [3.05, 3.63) is 59.2 Å². The van der Waals surface area contributed by atoms with Crippen molar-refractivity contribution in [3.63, 3.8) is 0 Å². The average Bonchev–Trinajstić information content (AvgIpc) is 2.55. The van der Waals surface area contributed by atoms with E-state index in [1.165, 1.54) is 0 Å². The summed E-state index contributed by atoms with van der Waals surface area (Å²) in [6.07, 6.45) is 0.836. The highest BCUT2D eigenvalue weighted by molar-refractivity contribution is 5.94. The summed E-state index contributed by atoms with van der Waals surface area (Å²) in [6, 6.07) is 13.3. The van der Waals surface area contributed by atoms with E-state index in [1.54, 1.807) is 12.1 Å². The van der Waals surface area contributed by atoms with E-state index >= 15 is 0 Å². The highest BCUT2D eigenvalue weighted by Crippen LogP contribution is 2.40. The van der Waals surface area contributed by atoms with Gasteiger partial charge in [0, 0.05) is 17.5 Å². The number of aryl methyl sites for hydroxylation is 1. The number of hydrogen-bond acceptors (Lipinski definition) is 3. The van der Waals surface area contributed by atoms with Gasteiger partial charge in [0.1, 0.15) is 17.1 Å². The molecule has 1 aliphatic rings. The quantitative estimate of drug-likeness (QED) is 0.858. The minimum atomic E-state index is -0.324. The van der Waals surface area contributed by atoms with Crippen LogP contribution in [0.1, 0.15) is 61.6 Å². The average molecular weight is 353 g/mol. The summed E-state index contributed by atoms with van der Waals surface area (Å²) in [6.45, 7) is 10.1. The highest BCUT2D eigenvalue weighted by atomic mass is 16.5. The van der Waals surface area contributed by atoms with Gasteiger partial charge in [-0.25, -0.2) is 0 Å². The summed E-state index contributed by atoms with van der Waals surface area (Å²) in [5.41, 5.74) is 2.49. The normalized spacial score (nSPS) is 18.0. The van der Waals surface area contributed by atoms with E-state index in [2.05, 4.69) is 11.4 Å². The second-order valence-corrected chi connectivity index (χ2v) is 7.82. The van der Waals surface area contributed by atoms with Gasteiger partial charge in [-0.3, -0.25) is 4.79 Å². The summed E-state index contributed by atoms with van der Waals surface area (Å²) >= 11 is 0. The topological polar surface area (TPSA) is 47.6 Å². The fourth-order valence-corrected chi connectivity index (χ4v) is 3.30. The number of carbonyl (C=O) groups excluding carboxylic acids is 1. The van der Waals surface area contributed by atoms with Gasteiger partial charge in [0.2, 0.25) is 0 Å². The molecule has 4 heteroatoms. The van der Waals surface area contributed by atoms with Crippen molar-refractivity contribution in [1.29, 1.82) is 0 Å². The predicted molar refractivity (Wildman–Crippen MR) is 103 cm³/mol. The number of benzene rings is 2. The molecule has 0 fully saturated rings. The Balaban J connectivity index is 1.79. The summed E-state index contributed by atoms with van der Waals surface area (Å²) in [5, 5.41) is 3.17. The van der Waals surface area contributed by atoms with Crippen LogP contribution >= 0.6 is 0 Å². The van der Waals surface area contributed by atoms with Gasteiger partial charge in [0.25, 0.3) is 5.91 Å². The lowest BCUT2D eigenvalue weighted by Gasteiger charge is -2.38. The summed E-state index contributed by atoms with van der Waals surface area (Å²) < 4.78 is 11.7. The van der Waals surface area contributed by atoms with Gasteiger partial charge in [-0.2, -0.15) is 0 Å². The third-order valence-corrected chi connectivity index (χ3v) is 4.42. The van der Waals surface area contributed by atoms with Crippen molar-refractivity contribution in [2.75, 3.05) is 0 Å². The van der Waals surface area contributed by atoms with E-state index in [1.807, 2.05) is 58.9 Å². The molecule has 26 heavy (non-hydrogen) atoms. The monoisotopic (exact) mass is 353 g/mol. The van der Waals surface area contributed by atoms with Crippen LogP contribution < -0.4 is 14.8 Å². The first-order valence-electron chi connectivity index (χ1n) is 9.11. The van der Waals surface area contributed by atoms with Crippen molar-refractivity contribution in [3.8, 4) is 11.5 Å². The summed E-state index contributed by atoms with van der Waals surface area (Å²) in [4.78, 5) is 12.8. The summed E-state index contributed by atoms with van der Waals surface area (Å²) in [5.74, 6) is 1.53. The first kappa shape index (κ1) is 18.3. The van der Waals surface area contributed by atoms with Crippen molar-refractivity contribution in [2.24, 2.45) is 0 Å². The van der Waals surface area contributed by atoms with Crippen LogP contribution in [0.25, 0.3) is 0 Å². The van der Waals surface area contributed by atoms with Gasteiger partial charge in [0.15, 0.2) is 0 Å². The maximum absolute atomic E-state index is 12.8. The number of amides is 1. The van der Waals surface area contributed by atoms with Gasteiger partial charge >= 0.3 is 0 Å². The van der Waals surface area contributed by atoms with Gasteiger partial charge in [0.05, 0.1) is 12.1 Å². The molecule has 0 spiro atoms. The van der Waals surface area contributed by atoms with Crippen molar-refractivity contribution in [1.82, 2.24) is 5.32 Å². The lowest BCUT2D eigenvalue weighted by atomic mass is 9.88. The first-order valence-corrected chi connectivity index (χ1v) is 9.11. The third kappa shape index (κ3) is 4.18. The molecule has 0 saturated heterocycles. The van der Waals surface area contributed by atoms with Crippen LogP contribution in [0.2, 0.25) is 0 Å². The summed E-state index contributed by atoms with van der Waals surface area (Å²) in [7, 11) is 0. The zero-order chi connectivity index (χ0) is 18.9. The molecule has 2 aromatic carbocycles. The maximum atomic E-state index is 12.8. The molecule has 4 nitrogen and oxygen atoms in total. The van der Waals surface area contributed by atoms with E-state index in [4.69, 9.17) is 9.47 Å². The molecule has 138 valence electrons. The number of ether oxygens (including phenoxy) is 2. The van der Waals surface area contributed by atoms with Gasteiger partial charge in [-0.1, -0.05) is 17.7 Å². The molecular weight excluding hydrogens is 326 g/mol. The smallest absolute Gasteiger partial charge is 0.251 e. The largest absolute Gasteiger partial charge is 0.491 e. The Hall–Kier alpha value is -2.49. The molecule has 2 aromatic rings. The van der Waals surface area contributed by atoms with Gasteiger partial charge in [-0.05, 0) is 65.0 Å². The Morgan fingerprint density at radius 2 is 1.88 bits per heavy atom. The van der Waals surface area contributed by atoms with E-state index in [0.29, 0.717) is 5.56 Å². The van der Waals surface area contributed by atoms with Crippen LogP contribution in [0.4, 0.5) is 0 Å². The number of carbonyl (C=O) groups is 1. The van der Waals surface area contributed by atoms with E-state index in [0.717, 1.165) is 29.0 Å². The number of rotatable bonds is 4. The minimum Gasteiger partial charge on any atom is -0.491 e. The molecule has 1 N–H and O–H groups in total. The van der Waals surface area contributed by atoms with Crippen LogP contribution in [0.5, 0.6) is 11.5 Å². The second kappa shape index (κ2) is 7.02. The Morgan fingerprint density at radius 3 is 2.54 bits per heavy atom. The van der Waals surface area contributed by atoms with Gasteiger partial charge in [-0.15, -0.1) is 0 Å². The lowest BCUT2D eigenvalue weighted by Crippen LogP contribution is -2.41. The van der Waals surface area contributed by atoms with Crippen LogP contribution in [0.15, 0.2) is 42.5 Å². The van der Waals surface area contributed by atoms with E-state index in [9.17, 15) is 4.79 Å². The predicted octanol–water partition coefficient (Wildman–Crippen LogP) is 4.81. The fourth-order valence-electron chi connectivity index (χ4n) is 3.30. The van der Waals surface area contributed by atoms with Crippen LogP contribution in [-0.2, 0) is 0 Å². The van der Waals surface area contributed by atoms with Crippen LogP contribution in [0, 0.1) is 6.92 Å². The lowest BCUT2D eigenvalue weighted by molar-refractivity contribution is 0.0619. The Labute approximate surface area is 155 Å². The molecule has 3 rings (SSSR count).